The molecule has 0 saturated carbocycles. The fraction of sp³-hybridized carbons (Fsp3) is 0.0577. The molecule has 2 heteroatoms. The molecule has 11 rings (SSSR count). The van der Waals surface area contributed by atoms with Crippen LogP contribution in [0.15, 0.2) is 187 Å². The molecule has 10 aromatic rings. The second kappa shape index (κ2) is 12.1. The molecule has 0 amide bonds. The van der Waals surface area contributed by atoms with E-state index in [0.717, 1.165) is 28.7 Å². The van der Waals surface area contributed by atoms with Gasteiger partial charge in [0.2, 0.25) is 0 Å². The van der Waals surface area contributed by atoms with Crippen molar-refractivity contribution in [3.63, 3.8) is 0 Å². The molecule has 0 spiro atoms. The van der Waals surface area contributed by atoms with Gasteiger partial charge >= 0.3 is 0 Å². The molecule has 1 aliphatic rings. The van der Waals surface area contributed by atoms with Gasteiger partial charge < -0.3 is 4.57 Å². The highest BCUT2D eigenvalue weighted by molar-refractivity contribution is 6.42. The lowest BCUT2D eigenvalue weighted by Crippen LogP contribution is -2.30. The topological polar surface area (TPSA) is 17.3 Å². The van der Waals surface area contributed by atoms with Crippen LogP contribution in [-0.4, -0.2) is 4.57 Å². The first kappa shape index (κ1) is 30.8. The van der Waals surface area contributed by atoms with Crippen LogP contribution in [0.5, 0.6) is 0 Å². The van der Waals surface area contributed by atoms with Crippen molar-refractivity contribution in [1.82, 2.24) is 4.57 Å². The van der Waals surface area contributed by atoms with Crippen molar-refractivity contribution in [1.29, 1.82) is 0 Å². The van der Waals surface area contributed by atoms with Gasteiger partial charge in [0.1, 0.15) is 0 Å². The number of fused-ring (bicyclic) bond motifs is 14. The summed E-state index contributed by atoms with van der Waals surface area (Å²) >= 11 is 0. The van der Waals surface area contributed by atoms with Gasteiger partial charge in [-0.05, 0) is 85.6 Å². The van der Waals surface area contributed by atoms with Gasteiger partial charge in [-0.15, -0.1) is 0 Å². The fourth-order valence-electron chi connectivity index (χ4n) is 9.29. The Morgan fingerprint density at radius 1 is 0.481 bits per heavy atom. The van der Waals surface area contributed by atoms with E-state index < -0.39 is 0 Å². The Labute approximate surface area is 313 Å². The number of nitrogens with zero attached hydrogens (tertiary/aromatic N) is 2. The van der Waals surface area contributed by atoms with Gasteiger partial charge in [-0.25, -0.2) is 4.99 Å². The SMILES string of the molecule is CC1C/C=C(\c2ccccc2)N=c2ccccc2=C1c1cccc(-n2c3ccccc3c3c4c5ccccc5c5ccccc5c4c4ccccc4c32)c1. The van der Waals surface area contributed by atoms with Crippen molar-refractivity contribution in [3.05, 3.63) is 204 Å². The molecule has 2 heterocycles. The normalized spacial score (nSPS) is 15.7. The monoisotopic (exact) mass is 688 g/mol. The zero-order valence-corrected chi connectivity index (χ0v) is 30.0. The summed E-state index contributed by atoms with van der Waals surface area (Å²) in [7, 11) is 0. The minimum Gasteiger partial charge on any atom is -0.309 e. The molecule has 9 aromatic carbocycles. The average Bonchev–Trinajstić information content (AvgIpc) is 3.58. The zero-order chi connectivity index (χ0) is 35.8. The van der Waals surface area contributed by atoms with Crippen LogP contribution < -0.4 is 10.6 Å². The third-order valence-electron chi connectivity index (χ3n) is 11.6. The summed E-state index contributed by atoms with van der Waals surface area (Å²) in [6.45, 7) is 2.36. The van der Waals surface area contributed by atoms with Crippen LogP contribution in [0.2, 0.25) is 0 Å². The predicted molar refractivity (Wildman–Crippen MR) is 229 cm³/mol. The standard InChI is InChI=1S/C52H36N2/c1-33-30-31-45(34-16-3-2-4-17-34)53-46-28-13-11-26-43(46)48(33)35-18-15-19-36(32-35)54-47-29-14-12-27-44(47)51-50-40-23-8-6-21-38(40)37-20-5-7-22-39(37)49(50)41-24-9-10-25-42(41)52(51)54/h2-29,31-33H,30H2,1H3/b45-31+,48-43?,53-46?. The van der Waals surface area contributed by atoms with E-state index in [1.807, 2.05) is 0 Å². The molecule has 0 N–H and O–H groups in total. The number of allylic oxidation sites excluding steroid dienone is 1. The zero-order valence-electron chi connectivity index (χ0n) is 30.0. The van der Waals surface area contributed by atoms with E-state index in [0.29, 0.717) is 0 Å². The first-order valence-electron chi connectivity index (χ1n) is 19.0. The van der Waals surface area contributed by atoms with Gasteiger partial charge in [0, 0.05) is 32.5 Å². The van der Waals surface area contributed by atoms with Crippen LogP contribution >= 0.6 is 0 Å². The first-order chi connectivity index (χ1) is 26.7. The van der Waals surface area contributed by atoms with Gasteiger partial charge in [0.25, 0.3) is 0 Å². The molecular formula is C52H36N2. The van der Waals surface area contributed by atoms with E-state index in [1.54, 1.807) is 0 Å². The second-order valence-electron chi connectivity index (χ2n) is 14.6. The van der Waals surface area contributed by atoms with Gasteiger partial charge in [0.05, 0.1) is 22.1 Å². The molecule has 2 nitrogen and oxygen atoms in total. The van der Waals surface area contributed by atoms with Crippen LogP contribution in [0, 0.1) is 5.92 Å². The predicted octanol–water partition coefficient (Wildman–Crippen LogP) is 12.3. The van der Waals surface area contributed by atoms with Crippen LogP contribution in [-0.2, 0) is 0 Å². The molecular weight excluding hydrogens is 653 g/mol. The molecule has 0 radical (unpaired) electrons. The average molecular weight is 689 g/mol. The summed E-state index contributed by atoms with van der Waals surface area (Å²) in [6.07, 6.45) is 3.21. The highest BCUT2D eigenvalue weighted by Crippen LogP contribution is 2.47. The summed E-state index contributed by atoms with van der Waals surface area (Å²) in [4.78, 5) is 5.28. The molecule has 1 atom stereocenters. The molecule has 1 aliphatic heterocycles. The lowest BCUT2D eigenvalue weighted by Gasteiger charge is -2.20. The Morgan fingerprint density at radius 2 is 1.06 bits per heavy atom. The first-order valence-corrected chi connectivity index (χ1v) is 19.0. The summed E-state index contributed by atoms with van der Waals surface area (Å²) in [6, 6.07) is 64.3. The summed E-state index contributed by atoms with van der Waals surface area (Å²) < 4.78 is 2.53. The number of para-hydroxylation sites is 2. The maximum absolute atomic E-state index is 5.28. The lowest BCUT2D eigenvalue weighted by atomic mass is 9.87. The smallest absolute Gasteiger partial charge is 0.0712 e. The van der Waals surface area contributed by atoms with Gasteiger partial charge in [-0.2, -0.15) is 0 Å². The van der Waals surface area contributed by atoms with Gasteiger partial charge in [-0.3, -0.25) is 0 Å². The highest BCUT2D eigenvalue weighted by Gasteiger charge is 2.23. The van der Waals surface area contributed by atoms with Crippen molar-refractivity contribution in [2.45, 2.75) is 13.3 Å². The summed E-state index contributed by atoms with van der Waals surface area (Å²) in [5, 5.41) is 15.1. The molecule has 0 aliphatic carbocycles. The quantitative estimate of drug-likeness (QED) is 0.164. The van der Waals surface area contributed by atoms with Crippen molar-refractivity contribution >= 4 is 76.2 Å². The molecule has 0 fully saturated rings. The third-order valence-corrected chi connectivity index (χ3v) is 11.6. The molecule has 1 unspecified atom stereocenters. The van der Waals surface area contributed by atoms with E-state index in [-0.39, 0.29) is 5.92 Å². The summed E-state index contributed by atoms with van der Waals surface area (Å²) in [5.74, 6) is 0.276. The third kappa shape index (κ3) is 4.56. The fourth-order valence-corrected chi connectivity index (χ4v) is 9.29. The number of aromatic nitrogens is 1. The maximum Gasteiger partial charge on any atom is 0.0712 e. The maximum atomic E-state index is 5.28. The van der Waals surface area contributed by atoms with Crippen molar-refractivity contribution in [3.8, 4) is 5.69 Å². The Morgan fingerprint density at radius 3 is 1.81 bits per heavy atom. The van der Waals surface area contributed by atoms with Crippen molar-refractivity contribution < 1.29 is 0 Å². The van der Waals surface area contributed by atoms with Crippen LogP contribution in [0.1, 0.15) is 24.5 Å². The minimum absolute atomic E-state index is 0.276. The molecule has 0 saturated heterocycles. The van der Waals surface area contributed by atoms with E-state index in [2.05, 4.69) is 193 Å². The largest absolute Gasteiger partial charge is 0.309 e. The molecule has 1 aromatic heterocycles. The van der Waals surface area contributed by atoms with Crippen molar-refractivity contribution in [2.24, 2.45) is 10.9 Å². The Bertz CT molecular complexity index is 3310. The van der Waals surface area contributed by atoms with Gasteiger partial charge in [-0.1, -0.05) is 165 Å². The van der Waals surface area contributed by atoms with E-state index in [1.165, 1.54) is 81.3 Å². The number of hydrogen-bond donors (Lipinski definition) is 0. The van der Waals surface area contributed by atoms with Crippen LogP contribution in [0.25, 0.3) is 81.9 Å². The molecule has 254 valence electrons. The number of benzene rings is 9. The molecule has 0 bridgehead atoms. The minimum atomic E-state index is 0.276. The van der Waals surface area contributed by atoms with E-state index >= 15 is 0 Å². The van der Waals surface area contributed by atoms with Gasteiger partial charge in [0.15, 0.2) is 0 Å². The highest BCUT2D eigenvalue weighted by atomic mass is 15.0. The van der Waals surface area contributed by atoms with E-state index in [9.17, 15) is 0 Å². The summed E-state index contributed by atoms with van der Waals surface area (Å²) in [5.41, 5.74) is 8.36. The van der Waals surface area contributed by atoms with Crippen LogP contribution in [0.4, 0.5) is 0 Å². The van der Waals surface area contributed by atoms with Crippen LogP contribution in [0.3, 0.4) is 0 Å². The second-order valence-corrected chi connectivity index (χ2v) is 14.6. The van der Waals surface area contributed by atoms with E-state index in [4.69, 9.17) is 4.99 Å². The Balaban J connectivity index is 1.25. The number of rotatable bonds is 3. The number of hydrogen-bond acceptors (Lipinski definition) is 1. The Hall–Kier alpha value is -6.77. The Kier molecular flexibility index (Phi) is 6.93. The lowest BCUT2D eigenvalue weighted by molar-refractivity contribution is 0.758. The van der Waals surface area contributed by atoms with Crippen molar-refractivity contribution in [2.75, 3.05) is 0 Å². The molecule has 54 heavy (non-hydrogen) atoms.